The molecule has 4 heteroatoms. The molecule has 1 saturated carbocycles. The van der Waals surface area contributed by atoms with E-state index in [0.29, 0.717) is 19.5 Å². The Morgan fingerprint density at radius 2 is 1.65 bits per heavy atom. The highest BCUT2D eigenvalue weighted by Crippen LogP contribution is 2.40. The van der Waals surface area contributed by atoms with Gasteiger partial charge in [-0.15, -0.1) is 0 Å². The Hall–Kier alpha value is -1.84. The summed E-state index contributed by atoms with van der Waals surface area (Å²) in [5.41, 5.74) is 2.13. The van der Waals surface area contributed by atoms with Gasteiger partial charge in [-0.2, -0.15) is 0 Å². The van der Waals surface area contributed by atoms with Crippen molar-refractivity contribution in [2.45, 2.75) is 46.5 Å². The third-order valence-electron chi connectivity index (χ3n) is 4.54. The normalized spacial score (nSPS) is 20.0. The third kappa shape index (κ3) is 4.12. The SMILES string of the molecule is CCN(CC)C(=O)C1CC1C(=O)Nc1ccc(C(C)(C)C)cc1. The topological polar surface area (TPSA) is 49.4 Å². The molecule has 0 bridgehead atoms. The molecule has 2 atom stereocenters. The maximum atomic E-state index is 12.3. The molecule has 0 spiro atoms. The number of carbonyl (C=O) groups is 2. The van der Waals surface area contributed by atoms with Gasteiger partial charge in [0, 0.05) is 18.8 Å². The van der Waals surface area contributed by atoms with Gasteiger partial charge in [0.1, 0.15) is 0 Å². The molecule has 0 aliphatic heterocycles. The van der Waals surface area contributed by atoms with E-state index in [-0.39, 0.29) is 29.1 Å². The fraction of sp³-hybridized carbons (Fsp3) is 0.579. The van der Waals surface area contributed by atoms with Crippen LogP contribution in [0.4, 0.5) is 5.69 Å². The van der Waals surface area contributed by atoms with Gasteiger partial charge >= 0.3 is 0 Å². The van der Waals surface area contributed by atoms with Crippen LogP contribution in [0.5, 0.6) is 0 Å². The first-order valence-electron chi connectivity index (χ1n) is 8.48. The van der Waals surface area contributed by atoms with Crippen LogP contribution in [0.25, 0.3) is 0 Å². The van der Waals surface area contributed by atoms with E-state index < -0.39 is 0 Å². The Labute approximate surface area is 139 Å². The van der Waals surface area contributed by atoms with E-state index >= 15 is 0 Å². The second-order valence-corrected chi connectivity index (χ2v) is 7.28. The number of hydrogen-bond acceptors (Lipinski definition) is 2. The van der Waals surface area contributed by atoms with Gasteiger partial charge in [0.15, 0.2) is 0 Å². The van der Waals surface area contributed by atoms with E-state index in [1.54, 1.807) is 4.90 Å². The summed E-state index contributed by atoms with van der Waals surface area (Å²) in [6.07, 6.45) is 0.668. The predicted molar refractivity (Wildman–Crippen MR) is 93.3 cm³/mol. The Bertz CT molecular complexity index is 568. The zero-order valence-electron chi connectivity index (χ0n) is 14.8. The molecule has 1 aliphatic carbocycles. The van der Waals surface area contributed by atoms with Gasteiger partial charge in [-0.05, 0) is 43.4 Å². The molecule has 1 N–H and O–H groups in total. The van der Waals surface area contributed by atoms with Crippen LogP contribution in [0.1, 0.15) is 46.6 Å². The maximum Gasteiger partial charge on any atom is 0.228 e. The van der Waals surface area contributed by atoms with Crippen molar-refractivity contribution in [3.05, 3.63) is 29.8 Å². The van der Waals surface area contributed by atoms with Crippen molar-refractivity contribution in [1.29, 1.82) is 0 Å². The van der Waals surface area contributed by atoms with Gasteiger partial charge in [-0.1, -0.05) is 32.9 Å². The predicted octanol–water partition coefficient (Wildman–Crippen LogP) is 3.43. The lowest BCUT2D eigenvalue weighted by Crippen LogP contribution is -2.33. The van der Waals surface area contributed by atoms with Gasteiger partial charge in [0.2, 0.25) is 11.8 Å². The molecule has 0 saturated heterocycles. The number of amides is 2. The first kappa shape index (κ1) is 17.5. The zero-order valence-corrected chi connectivity index (χ0v) is 14.8. The average Bonchev–Trinajstić information content (AvgIpc) is 3.28. The van der Waals surface area contributed by atoms with Crippen LogP contribution in [0.2, 0.25) is 0 Å². The minimum absolute atomic E-state index is 0.0426. The molecule has 23 heavy (non-hydrogen) atoms. The van der Waals surface area contributed by atoms with E-state index in [0.717, 1.165) is 5.69 Å². The molecule has 2 unspecified atom stereocenters. The van der Waals surface area contributed by atoms with E-state index in [1.807, 2.05) is 38.1 Å². The highest BCUT2D eigenvalue weighted by molar-refractivity contribution is 5.99. The molecule has 1 aromatic rings. The summed E-state index contributed by atoms with van der Waals surface area (Å²) in [7, 11) is 0. The largest absolute Gasteiger partial charge is 0.343 e. The van der Waals surface area contributed by atoms with Crippen molar-refractivity contribution < 1.29 is 9.59 Å². The minimum atomic E-state index is -0.176. The molecule has 1 aliphatic rings. The van der Waals surface area contributed by atoms with Crippen molar-refractivity contribution in [3.8, 4) is 0 Å². The van der Waals surface area contributed by atoms with E-state index in [4.69, 9.17) is 0 Å². The Morgan fingerprint density at radius 1 is 1.09 bits per heavy atom. The van der Waals surface area contributed by atoms with Crippen LogP contribution in [0.15, 0.2) is 24.3 Å². The van der Waals surface area contributed by atoms with Gasteiger partial charge in [-0.25, -0.2) is 0 Å². The van der Waals surface area contributed by atoms with Crippen molar-refractivity contribution in [2.24, 2.45) is 11.8 Å². The molecule has 1 aromatic carbocycles. The van der Waals surface area contributed by atoms with E-state index in [9.17, 15) is 9.59 Å². The van der Waals surface area contributed by atoms with Crippen LogP contribution in [0.3, 0.4) is 0 Å². The number of nitrogens with one attached hydrogen (secondary N) is 1. The van der Waals surface area contributed by atoms with Gasteiger partial charge in [0.05, 0.1) is 11.8 Å². The molecule has 0 aromatic heterocycles. The highest BCUT2D eigenvalue weighted by atomic mass is 16.2. The van der Waals surface area contributed by atoms with Gasteiger partial charge in [-0.3, -0.25) is 9.59 Å². The summed E-state index contributed by atoms with van der Waals surface area (Å²) in [6.45, 7) is 11.8. The molecule has 2 rings (SSSR count). The van der Waals surface area contributed by atoms with Crippen molar-refractivity contribution in [2.75, 3.05) is 18.4 Å². The maximum absolute atomic E-state index is 12.3. The third-order valence-corrected chi connectivity index (χ3v) is 4.54. The van der Waals surface area contributed by atoms with Crippen molar-refractivity contribution in [1.82, 2.24) is 4.90 Å². The standard InChI is InChI=1S/C19H28N2O2/c1-6-21(7-2)18(23)16-12-15(16)17(22)20-14-10-8-13(9-11-14)19(3,4)5/h8-11,15-16H,6-7,12H2,1-5H3,(H,20,22). The fourth-order valence-electron chi connectivity index (χ4n) is 2.82. The lowest BCUT2D eigenvalue weighted by molar-refractivity contribution is -0.133. The number of carbonyl (C=O) groups excluding carboxylic acids is 2. The lowest BCUT2D eigenvalue weighted by atomic mass is 9.87. The van der Waals surface area contributed by atoms with E-state index in [2.05, 4.69) is 26.1 Å². The second kappa shape index (κ2) is 6.73. The van der Waals surface area contributed by atoms with Crippen molar-refractivity contribution >= 4 is 17.5 Å². The molecule has 1 fully saturated rings. The zero-order chi connectivity index (χ0) is 17.2. The summed E-state index contributed by atoms with van der Waals surface area (Å²) in [5.74, 6) is -0.244. The highest BCUT2D eigenvalue weighted by Gasteiger charge is 2.49. The molecule has 4 nitrogen and oxygen atoms in total. The Balaban J connectivity index is 1.93. The van der Waals surface area contributed by atoms with Crippen LogP contribution >= 0.6 is 0 Å². The lowest BCUT2D eigenvalue weighted by Gasteiger charge is -2.19. The molecular formula is C19H28N2O2. The number of rotatable bonds is 5. The molecule has 0 heterocycles. The summed E-state index contributed by atoms with van der Waals surface area (Å²) >= 11 is 0. The Morgan fingerprint density at radius 3 is 2.13 bits per heavy atom. The number of hydrogen-bond donors (Lipinski definition) is 1. The van der Waals surface area contributed by atoms with Crippen molar-refractivity contribution in [3.63, 3.8) is 0 Å². The van der Waals surface area contributed by atoms with Crippen LogP contribution in [0, 0.1) is 11.8 Å². The monoisotopic (exact) mass is 316 g/mol. The van der Waals surface area contributed by atoms with Crippen LogP contribution in [-0.2, 0) is 15.0 Å². The fourth-order valence-corrected chi connectivity index (χ4v) is 2.82. The quantitative estimate of drug-likeness (QED) is 0.905. The van der Waals surface area contributed by atoms with E-state index in [1.165, 1.54) is 5.56 Å². The summed E-state index contributed by atoms with van der Waals surface area (Å²) in [5, 5.41) is 2.93. The van der Waals surface area contributed by atoms with Crippen LogP contribution in [-0.4, -0.2) is 29.8 Å². The molecule has 126 valence electrons. The molecule has 2 amide bonds. The number of nitrogens with zero attached hydrogens (tertiary/aromatic N) is 1. The summed E-state index contributed by atoms with van der Waals surface area (Å²) < 4.78 is 0. The first-order valence-corrected chi connectivity index (χ1v) is 8.48. The summed E-state index contributed by atoms with van der Waals surface area (Å²) in [6, 6.07) is 7.95. The number of benzene rings is 1. The van der Waals surface area contributed by atoms with Gasteiger partial charge in [0.25, 0.3) is 0 Å². The molecular weight excluding hydrogens is 288 g/mol. The van der Waals surface area contributed by atoms with Crippen LogP contribution < -0.4 is 5.32 Å². The Kier molecular flexibility index (Phi) is 5.12. The minimum Gasteiger partial charge on any atom is -0.343 e. The second-order valence-electron chi connectivity index (χ2n) is 7.28. The number of anilines is 1. The molecule has 0 radical (unpaired) electrons. The van der Waals surface area contributed by atoms with Gasteiger partial charge < -0.3 is 10.2 Å². The summed E-state index contributed by atoms with van der Waals surface area (Å²) in [4.78, 5) is 26.3. The average molecular weight is 316 g/mol. The smallest absolute Gasteiger partial charge is 0.228 e. The first-order chi connectivity index (χ1) is 10.8.